The van der Waals surface area contributed by atoms with Gasteiger partial charge in [-0.1, -0.05) is 6.07 Å². The number of carbonyl (C=O) groups is 2. The Kier molecular flexibility index (Phi) is 5.76. The standard InChI is InChI=1S/C19H27N3O4/c1-14-5-6-16(20-11-14)22-8-2-4-15(12-22)18(25)21-19(10-17(23)24)7-3-9-26-13-19/h5-6,11,15H,2-4,7-10,12-13H2,1H3,(H,21,25)(H,23,24). The second-order valence-corrected chi connectivity index (χ2v) is 7.48. The van der Waals surface area contributed by atoms with Crippen LogP contribution in [0.4, 0.5) is 5.82 Å². The van der Waals surface area contributed by atoms with E-state index in [1.165, 1.54) is 0 Å². The van der Waals surface area contributed by atoms with Crippen LogP contribution in [0.25, 0.3) is 0 Å². The summed E-state index contributed by atoms with van der Waals surface area (Å²) < 4.78 is 5.48. The fourth-order valence-electron chi connectivity index (χ4n) is 3.83. The van der Waals surface area contributed by atoms with Gasteiger partial charge in [-0.25, -0.2) is 4.98 Å². The largest absolute Gasteiger partial charge is 0.481 e. The summed E-state index contributed by atoms with van der Waals surface area (Å²) in [6.07, 6.45) is 4.85. The lowest BCUT2D eigenvalue weighted by Crippen LogP contribution is -2.57. The number of hydrogen-bond donors (Lipinski definition) is 2. The monoisotopic (exact) mass is 361 g/mol. The molecule has 0 bridgehead atoms. The number of ether oxygens (including phenoxy) is 1. The maximum Gasteiger partial charge on any atom is 0.305 e. The van der Waals surface area contributed by atoms with Crippen molar-refractivity contribution in [3.05, 3.63) is 23.9 Å². The van der Waals surface area contributed by atoms with Gasteiger partial charge in [0.2, 0.25) is 5.91 Å². The number of nitrogens with zero attached hydrogens (tertiary/aromatic N) is 2. The van der Waals surface area contributed by atoms with Gasteiger partial charge in [0.05, 0.1) is 24.5 Å². The van der Waals surface area contributed by atoms with Crippen LogP contribution in [-0.4, -0.2) is 53.8 Å². The van der Waals surface area contributed by atoms with Gasteiger partial charge in [0.1, 0.15) is 5.82 Å². The molecule has 1 aromatic rings. The Morgan fingerprint density at radius 2 is 2.27 bits per heavy atom. The second kappa shape index (κ2) is 8.03. The van der Waals surface area contributed by atoms with Gasteiger partial charge in [0.15, 0.2) is 0 Å². The summed E-state index contributed by atoms with van der Waals surface area (Å²) >= 11 is 0. The van der Waals surface area contributed by atoms with Crippen molar-refractivity contribution in [1.29, 1.82) is 0 Å². The summed E-state index contributed by atoms with van der Waals surface area (Å²) in [5.41, 5.74) is 0.318. The molecule has 2 saturated heterocycles. The molecule has 7 heteroatoms. The van der Waals surface area contributed by atoms with Crippen LogP contribution in [0, 0.1) is 12.8 Å². The maximum absolute atomic E-state index is 12.9. The zero-order chi connectivity index (χ0) is 18.6. The second-order valence-electron chi connectivity index (χ2n) is 7.48. The number of piperidine rings is 1. The minimum atomic E-state index is -0.912. The van der Waals surface area contributed by atoms with Gasteiger partial charge in [-0.05, 0) is 44.2 Å². The Bertz CT molecular complexity index is 641. The Morgan fingerprint density at radius 1 is 1.42 bits per heavy atom. The topological polar surface area (TPSA) is 91.8 Å². The van der Waals surface area contributed by atoms with Crippen LogP contribution in [0.15, 0.2) is 18.3 Å². The van der Waals surface area contributed by atoms with E-state index in [4.69, 9.17) is 4.74 Å². The molecule has 0 saturated carbocycles. The normalized spacial score (nSPS) is 26.3. The van der Waals surface area contributed by atoms with Crippen molar-refractivity contribution in [3.8, 4) is 0 Å². The smallest absolute Gasteiger partial charge is 0.305 e. The van der Waals surface area contributed by atoms with E-state index >= 15 is 0 Å². The van der Waals surface area contributed by atoms with Crippen LogP contribution in [0.3, 0.4) is 0 Å². The molecule has 0 aromatic carbocycles. The zero-order valence-electron chi connectivity index (χ0n) is 15.2. The fourth-order valence-corrected chi connectivity index (χ4v) is 3.83. The Morgan fingerprint density at radius 3 is 2.92 bits per heavy atom. The van der Waals surface area contributed by atoms with Crippen molar-refractivity contribution in [2.24, 2.45) is 5.92 Å². The van der Waals surface area contributed by atoms with Crippen molar-refractivity contribution in [2.75, 3.05) is 31.2 Å². The molecule has 2 atom stereocenters. The lowest BCUT2D eigenvalue weighted by Gasteiger charge is -2.39. The Balaban J connectivity index is 1.66. The molecule has 142 valence electrons. The molecule has 2 N–H and O–H groups in total. The zero-order valence-corrected chi connectivity index (χ0v) is 15.2. The molecule has 2 unspecified atom stereocenters. The Hall–Kier alpha value is -2.15. The van der Waals surface area contributed by atoms with Gasteiger partial charge in [-0.3, -0.25) is 9.59 Å². The molecular formula is C19H27N3O4. The van der Waals surface area contributed by atoms with Crippen molar-refractivity contribution in [3.63, 3.8) is 0 Å². The van der Waals surface area contributed by atoms with Crippen molar-refractivity contribution >= 4 is 17.7 Å². The van der Waals surface area contributed by atoms with Gasteiger partial charge in [-0.2, -0.15) is 0 Å². The summed E-state index contributed by atoms with van der Waals surface area (Å²) in [4.78, 5) is 30.7. The average molecular weight is 361 g/mol. The first-order valence-corrected chi connectivity index (χ1v) is 9.27. The highest BCUT2D eigenvalue weighted by atomic mass is 16.5. The molecule has 2 fully saturated rings. The molecule has 1 aromatic heterocycles. The van der Waals surface area contributed by atoms with E-state index in [9.17, 15) is 14.7 Å². The number of carboxylic acids is 1. The third kappa shape index (κ3) is 4.52. The first kappa shape index (κ1) is 18.6. The summed E-state index contributed by atoms with van der Waals surface area (Å²) in [6.45, 7) is 4.36. The van der Waals surface area contributed by atoms with E-state index in [1.54, 1.807) is 0 Å². The highest BCUT2D eigenvalue weighted by Crippen LogP contribution is 2.26. The number of amides is 1. The summed E-state index contributed by atoms with van der Waals surface area (Å²) in [7, 11) is 0. The molecule has 3 rings (SSSR count). The quantitative estimate of drug-likeness (QED) is 0.830. The maximum atomic E-state index is 12.9. The average Bonchev–Trinajstić information content (AvgIpc) is 2.62. The minimum Gasteiger partial charge on any atom is -0.481 e. The summed E-state index contributed by atoms with van der Waals surface area (Å²) in [5, 5.41) is 12.3. The number of pyridine rings is 1. The van der Waals surface area contributed by atoms with E-state index in [0.29, 0.717) is 19.6 Å². The molecule has 3 heterocycles. The van der Waals surface area contributed by atoms with Crippen molar-refractivity contribution in [1.82, 2.24) is 10.3 Å². The molecule has 1 amide bonds. The number of carboxylic acid groups (broad SMARTS) is 1. The number of carbonyl (C=O) groups excluding carboxylic acids is 1. The van der Waals surface area contributed by atoms with Gasteiger partial charge in [0.25, 0.3) is 0 Å². The molecule has 0 spiro atoms. The number of aliphatic carboxylic acids is 1. The highest BCUT2D eigenvalue weighted by molar-refractivity contribution is 5.81. The van der Waals surface area contributed by atoms with Gasteiger partial charge in [-0.15, -0.1) is 0 Å². The molecule has 0 radical (unpaired) electrons. The molecule has 7 nitrogen and oxygen atoms in total. The van der Waals surface area contributed by atoms with Gasteiger partial charge in [0, 0.05) is 25.9 Å². The summed E-state index contributed by atoms with van der Waals surface area (Å²) in [6, 6.07) is 4.00. The SMILES string of the molecule is Cc1ccc(N2CCCC(C(=O)NC3(CC(=O)O)CCCOC3)C2)nc1. The molecule has 2 aliphatic rings. The molecule has 0 aliphatic carbocycles. The van der Waals surface area contributed by atoms with Gasteiger partial charge < -0.3 is 20.1 Å². The van der Waals surface area contributed by atoms with E-state index in [1.807, 2.05) is 25.3 Å². The predicted molar refractivity (Wildman–Crippen MR) is 97.1 cm³/mol. The number of rotatable bonds is 5. The number of anilines is 1. The first-order valence-electron chi connectivity index (χ1n) is 9.27. The van der Waals surface area contributed by atoms with Gasteiger partial charge >= 0.3 is 5.97 Å². The van der Waals surface area contributed by atoms with Crippen LogP contribution in [0.1, 0.15) is 37.7 Å². The van der Waals surface area contributed by atoms with Crippen LogP contribution >= 0.6 is 0 Å². The van der Waals surface area contributed by atoms with Crippen LogP contribution < -0.4 is 10.2 Å². The van der Waals surface area contributed by atoms with Crippen LogP contribution in [0.2, 0.25) is 0 Å². The van der Waals surface area contributed by atoms with E-state index in [2.05, 4.69) is 15.2 Å². The van der Waals surface area contributed by atoms with E-state index < -0.39 is 11.5 Å². The van der Waals surface area contributed by atoms with Crippen LogP contribution in [0.5, 0.6) is 0 Å². The number of aromatic nitrogens is 1. The molecular weight excluding hydrogens is 334 g/mol. The predicted octanol–water partition coefficient (Wildman–Crippen LogP) is 1.75. The third-order valence-electron chi connectivity index (χ3n) is 5.21. The lowest BCUT2D eigenvalue weighted by molar-refractivity contribution is -0.142. The van der Waals surface area contributed by atoms with Crippen LogP contribution in [-0.2, 0) is 14.3 Å². The number of nitrogens with one attached hydrogen (secondary N) is 1. The number of hydrogen-bond acceptors (Lipinski definition) is 5. The molecule has 26 heavy (non-hydrogen) atoms. The third-order valence-corrected chi connectivity index (χ3v) is 5.21. The van der Waals surface area contributed by atoms with Crippen molar-refractivity contribution in [2.45, 2.75) is 44.6 Å². The number of aryl methyl sites for hydroxylation is 1. The minimum absolute atomic E-state index is 0.0754. The summed E-state index contributed by atoms with van der Waals surface area (Å²) in [5.74, 6) is -0.271. The fraction of sp³-hybridized carbons (Fsp3) is 0.632. The van der Waals surface area contributed by atoms with E-state index in [-0.39, 0.29) is 24.9 Å². The molecule has 2 aliphatic heterocycles. The Labute approximate surface area is 153 Å². The lowest BCUT2D eigenvalue weighted by atomic mass is 9.87. The van der Waals surface area contributed by atoms with E-state index in [0.717, 1.165) is 37.2 Å². The first-order chi connectivity index (χ1) is 12.5. The van der Waals surface area contributed by atoms with Crippen molar-refractivity contribution < 1.29 is 19.4 Å². The highest BCUT2D eigenvalue weighted by Gasteiger charge is 2.39.